The van der Waals surface area contributed by atoms with Gasteiger partial charge in [0.15, 0.2) is 0 Å². The number of aromatic nitrogens is 4. The predicted octanol–water partition coefficient (Wildman–Crippen LogP) is 3.29. The van der Waals surface area contributed by atoms with Gasteiger partial charge in [0.25, 0.3) is 5.95 Å². The van der Waals surface area contributed by atoms with Gasteiger partial charge in [0, 0.05) is 32.5 Å². The average Bonchev–Trinajstić information content (AvgIpc) is 3.21. The number of para-hydroxylation sites is 2. The summed E-state index contributed by atoms with van der Waals surface area (Å²) < 4.78 is 7.57. The Labute approximate surface area is 141 Å². The van der Waals surface area contributed by atoms with E-state index in [1.807, 2.05) is 6.07 Å². The van der Waals surface area contributed by atoms with Gasteiger partial charge in [0.2, 0.25) is 5.89 Å². The first-order chi connectivity index (χ1) is 11.8. The highest BCUT2D eigenvalue weighted by Crippen LogP contribution is 2.30. The normalized spacial score (nSPS) is 18.4. The summed E-state index contributed by atoms with van der Waals surface area (Å²) in [7, 11) is 2.11. The number of hydrogen-bond acceptors (Lipinski definition) is 5. The van der Waals surface area contributed by atoms with E-state index in [9.17, 15) is 0 Å². The lowest BCUT2D eigenvalue weighted by Crippen LogP contribution is -2.36. The van der Waals surface area contributed by atoms with E-state index in [1.54, 1.807) is 0 Å². The van der Waals surface area contributed by atoms with Gasteiger partial charge in [-0.3, -0.25) is 0 Å². The molecule has 1 fully saturated rings. The minimum atomic E-state index is 0.393. The van der Waals surface area contributed by atoms with Crippen LogP contribution in [0.15, 0.2) is 28.8 Å². The summed E-state index contributed by atoms with van der Waals surface area (Å²) in [5.41, 5.74) is 2.26. The minimum Gasteiger partial charge on any atom is -0.337 e. The van der Waals surface area contributed by atoms with E-state index < -0.39 is 0 Å². The van der Waals surface area contributed by atoms with Gasteiger partial charge in [0.1, 0.15) is 5.82 Å². The van der Waals surface area contributed by atoms with Crippen LogP contribution in [0.1, 0.15) is 43.8 Å². The molecular weight excluding hydrogens is 302 g/mol. The molecule has 0 radical (unpaired) electrons. The molecule has 0 spiro atoms. The van der Waals surface area contributed by atoms with E-state index in [4.69, 9.17) is 9.51 Å². The Hall–Kier alpha value is -2.37. The van der Waals surface area contributed by atoms with Crippen LogP contribution in [-0.2, 0) is 13.5 Å². The largest absolute Gasteiger partial charge is 0.337 e. The van der Waals surface area contributed by atoms with E-state index in [1.165, 1.54) is 5.52 Å². The molecule has 1 aliphatic rings. The first-order valence-corrected chi connectivity index (χ1v) is 8.75. The summed E-state index contributed by atoms with van der Waals surface area (Å²) in [6.07, 6.45) is 4.12. The Morgan fingerprint density at radius 2 is 2.12 bits per heavy atom. The third kappa shape index (κ3) is 2.66. The molecule has 1 atom stereocenters. The van der Waals surface area contributed by atoms with Crippen molar-refractivity contribution in [3.8, 4) is 0 Å². The molecule has 0 bridgehead atoms. The second-order valence-corrected chi connectivity index (χ2v) is 6.54. The first kappa shape index (κ1) is 15.2. The van der Waals surface area contributed by atoms with Crippen LogP contribution in [0.5, 0.6) is 0 Å². The molecule has 2 aromatic heterocycles. The van der Waals surface area contributed by atoms with Crippen LogP contribution in [0.3, 0.4) is 0 Å². The summed E-state index contributed by atoms with van der Waals surface area (Å²) in [5, 5.41) is 4.16. The van der Waals surface area contributed by atoms with Crippen LogP contribution in [-0.4, -0.2) is 32.8 Å². The first-order valence-electron chi connectivity index (χ1n) is 8.75. The second kappa shape index (κ2) is 6.26. The van der Waals surface area contributed by atoms with Crippen molar-refractivity contribution in [2.24, 2.45) is 7.05 Å². The van der Waals surface area contributed by atoms with Crippen LogP contribution in [0.4, 0.5) is 5.95 Å². The molecular formula is C18H23N5O. The zero-order chi connectivity index (χ0) is 16.5. The van der Waals surface area contributed by atoms with Crippen molar-refractivity contribution in [1.29, 1.82) is 0 Å². The smallest absolute Gasteiger partial charge is 0.266 e. The third-order valence-corrected chi connectivity index (χ3v) is 4.81. The molecule has 3 aromatic rings. The van der Waals surface area contributed by atoms with Crippen molar-refractivity contribution in [3.05, 3.63) is 36.0 Å². The number of nitrogens with zero attached hydrogens (tertiary/aromatic N) is 5. The number of hydrogen-bond donors (Lipinski definition) is 0. The number of fused-ring (bicyclic) bond motifs is 1. The molecule has 0 saturated carbocycles. The van der Waals surface area contributed by atoms with Crippen LogP contribution < -0.4 is 4.90 Å². The Balaban J connectivity index is 1.58. The van der Waals surface area contributed by atoms with Crippen molar-refractivity contribution >= 4 is 17.0 Å². The van der Waals surface area contributed by atoms with Crippen molar-refractivity contribution in [2.75, 3.05) is 18.0 Å². The highest BCUT2D eigenvalue weighted by Gasteiger charge is 2.27. The fourth-order valence-electron chi connectivity index (χ4n) is 3.59. The number of imidazole rings is 1. The third-order valence-electron chi connectivity index (χ3n) is 4.81. The molecule has 0 aliphatic carbocycles. The van der Waals surface area contributed by atoms with E-state index in [2.05, 4.69) is 51.8 Å². The standard InChI is InChI=1S/C18H23N5O/c1-3-7-16-20-18(21-24-16)23-11-6-8-13(12-23)17-19-14-9-4-5-10-15(14)22(17)2/h4-5,9-10,13H,3,6-8,11-12H2,1-2H3. The van der Waals surface area contributed by atoms with Gasteiger partial charge in [-0.1, -0.05) is 19.1 Å². The van der Waals surface area contributed by atoms with Gasteiger partial charge in [0.05, 0.1) is 11.0 Å². The van der Waals surface area contributed by atoms with Crippen molar-refractivity contribution in [3.63, 3.8) is 0 Å². The van der Waals surface area contributed by atoms with Crippen LogP contribution >= 0.6 is 0 Å². The summed E-state index contributed by atoms with van der Waals surface area (Å²) in [4.78, 5) is 11.6. The topological polar surface area (TPSA) is 60.0 Å². The van der Waals surface area contributed by atoms with Crippen molar-refractivity contribution < 1.29 is 4.52 Å². The maximum absolute atomic E-state index is 5.35. The molecule has 1 saturated heterocycles. The Kier molecular flexibility index (Phi) is 3.96. The van der Waals surface area contributed by atoms with E-state index >= 15 is 0 Å². The lowest BCUT2D eigenvalue weighted by molar-refractivity contribution is 0.374. The Morgan fingerprint density at radius 1 is 1.25 bits per heavy atom. The van der Waals surface area contributed by atoms with Gasteiger partial charge in [-0.25, -0.2) is 4.98 Å². The number of rotatable bonds is 4. The molecule has 3 heterocycles. The molecule has 1 aliphatic heterocycles. The molecule has 4 rings (SSSR count). The lowest BCUT2D eigenvalue weighted by atomic mass is 9.97. The molecule has 1 aromatic carbocycles. The molecule has 126 valence electrons. The van der Waals surface area contributed by atoms with E-state index in [-0.39, 0.29) is 0 Å². The fourth-order valence-corrected chi connectivity index (χ4v) is 3.59. The van der Waals surface area contributed by atoms with Crippen LogP contribution in [0.2, 0.25) is 0 Å². The Morgan fingerprint density at radius 3 is 2.96 bits per heavy atom. The zero-order valence-corrected chi connectivity index (χ0v) is 14.3. The molecule has 0 amide bonds. The van der Waals surface area contributed by atoms with Gasteiger partial charge < -0.3 is 14.0 Å². The number of benzene rings is 1. The van der Waals surface area contributed by atoms with Gasteiger partial charge in [-0.05, 0) is 36.6 Å². The molecule has 24 heavy (non-hydrogen) atoms. The monoisotopic (exact) mass is 325 g/mol. The fraction of sp³-hybridized carbons (Fsp3) is 0.500. The molecule has 6 nitrogen and oxygen atoms in total. The van der Waals surface area contributed by atoms with E-state index in [0.29, 0.717) is 5.92 Å². The van der Waals surface area contributed by atoms with Gasteiger partial charge >= 0.3 is 0 Å². The minimum absolute atomic E-state index is 0.393. The summed E-state index contributed by atoms with van der Waals surface area (Å²) in [6, 6.07) is 8.31. The average molecular weight is 325 g/mol. The Bertz CT molecular complexity index is 837. The summed E-state index contributed by atoms with van der Waals surface area (Å²) in [5.74, 6) is 3.00. The highest BCUT2D eigenvalue weighted by atomic mass is 16.5. The predicted molar refractivity (Wildman–Crippen MR) is 93.2 cm³/mol. The van der Waals surface area contributed by atoms with Crippen molar-refractivity contribution in [1.82, 2.24) is 19.7 Å². The van der Waals surface area contributed by atoms with Crippen molar-refractivity contribution in [2.45, 2.75) is 38.5 Å². The maximum Gasteiger partial charge on any atom is 0.266 e. The molecule has 1 unspecified atom stereocenters. The SMILES string of the molecule is CCCc1nc(N2CCCC(c3nc4ccccc4n3C)C2)no1. The highest BCUT2D eigenvalue weighted by molar-refractivity contribution is 5.75. The quantitative estimate of drug-likeness (QED) is 0.736. The summed E-state index contributed by atoms with van der Waals surface area (Å²) in [6.45, 7) is 3.99. The number of anilines is 1. The number of aryl methyl sites for hydroxylation is 2. The van der Waals surface area contributed by atoms with E-state index in [0.717, 1.165) is 62.0 Å². The number of piperidine rings is 1. The second-order valence-electron chi connectivity index (χ2n) is 6.54. The van der Waals surface area contributed by atoms with Gasteiger partial charge in [-0.2, -0.15) is 4.98 Å². The molecule has 6 heteroatoms. The van der Waals surface area contributed by atoms with Gasteiger partial charge in [-0.15, -0.1) is 0 Å². The van der Waals surface area contributed by atoms with Crippen LogP contribution in [0, 0.1) is 0 Å². The summed E-state index contributed by atoms with van der Waals surface area (Å²) >= 11 is 0. The maximum atomic E-state index is 5.35. The zero-order valence-electron chi connectivity index (χ0n) is 14.3. The molecule has 0 N–H and O–H groups in total. The van der Waals surface area contributed by atoms with Crippen LogP contribution in [0.25, 0.3) is 11.0 Å². The lowest BCUT2D eigenvalue weighted by Gasteiger charge is -2.31.